The molecule has 1 aliphatic rings. The zero-order chi connectivity index (χ0) is 13.7. The van der Waals surface area contributed by atoms with Gasteiger partial charge in [0.15, 0.2) is 5.82 Å². The first kappa shape index (κ1) is 14.0. The summed E-state index contributed by atoms with van der Waals surface area (Å²) in [7, 11) is 0. The summed E-state index contributed by atoms with van der Waals surface area (Å²) in [5.74, 6) is 1.01. The van der Waals surface area contributed by atoms with Crippen LogP contribution in [0.2, 0.25) is 0 Å². The Balaban J connectivity index is 1.90. The second-order valence-corrected chi connectivity index (χ2v) is 5.45. The van der Waals surface area contributed by atoms with Gasteiger partial charge in [-0.2, -0.15) is 0 Å². The Labute approximate surface area is 113 Å². The summed E-state index contributed by atoms with van der Waals surface area (Å²) in [6, 6.07) is 0. The molecule has 0 atom stereocenters. The fourth-order valence-electron chi connectivity index (χ4n) is 2.95. The van der Waals surface area contributed by atoms with Crippen LogP contribution in [0, 0.1) is 5.92 Å². The Bertz CT molecular complexity index is 411. The van der Waals surface area contributed by atoms with E-state index < -0.39 is 5.97 Å². The number of carboxylic acids is 1. The Hall–Kier alpha value is -1.46. The fourth-order valence-corrected chi connectivity index (χ4v) is 2.95. The second-order valence-electron chi connectivity index (χ2n) is 5.45. The molecule has 0 bridgehead atoms. The molecule has 6 heteroatoms. The van der Waals surface area contributed by atoms with Gasteiger partial charge in [0, 0.05) is 5.92 Å². The molecule has 1 aromatic heterocycles. The zero-order valence-corrected chi connectivity index (χ0v) is 11.5. The lowest BCUT2D eigenvalue weighted by Gasteiger charge is -2.27. The quantitative estimate of drug-likeness (QED) is 0.853. The molecule has 0 radical (unpaired) electrons. The molecule has 1 aromatic rings. The predicted molar refractivity (Wildman–Crippen MR) is 69.7 cm³/mol. The average molecular weight is 266 g/mol. The highest BCUT2D eigenvalue weighted by Crippen LogP contribution is 2.36. The monoisotopic (exact) mass is 266 g/mol. The van der Waals surface area contributed by atoms with Crippen molar-refractivity contribution < 1.29 is 9.90 Å². The van der Waals surface area contributed by atoms with Gasteiger partial charge >= 0.3 is 5.97 Å². The number of carboxylic acid groups (broad SMARTS) is 1. The predicted octanol–water partition coefficient (Wildman–Crippen LogP) is 2.22. The summed E-state index contributed by atoms with van der Waals surface area (Å²) in [5, 5.41) is 20.2. The van der Waals surface area contributed by atoms with Gasteiger partial charge in [0.1, 0.15) is 6.54 Å². The first-order valence-electron chi connectivity index (χ1n) is 7.18. The van der Waals surface area contributed by atoms with Gasteiger partial charge in [-0.25, -0.2) is 4.68 Å². The van der Waals surface area contributed by atoms with Crippen molar-refractivity contribution in [2.75, 3.05) is 0 Å². The third-order valence-electron chi connectivity index (χ3n) is 4.02. The van der Waals surface area contributed by atoms with E-state index in [9.17, 15) is 4.79 Å². The Kier molecular flexibility index (Phi) is 4.87. The molecule has 1 N–H and O–H groups in total. The van der Waals surface area contributed by atoms with E-state index in [-0.39, 0.29) is 6.54 Å². The van der Waals surface area contributed by atoms with Crippen molar-refractivity contribution in [3.63, 3.8) is 0 Å². The normalized spacial score (nSPS) is 23.4. The van der Waals surface area contributed by atoms with E-state index in [1.807, 2.05) is 0 Å². The maximum absolute atomic E-state index is 10.8. The van der Waals surface area contributed by atoms with Gasteiger partial charge in [0.2, 0.25) is 0 Å². The molecule has 1 fully saturated rings. The van der Waals surface area contributed by atoms with Crippen LogP contribution in [0.4, 0.5) is 0 Å². The van der Waals surface area contributed by atoms with Crippen LogP contribution < -0.4 is 0 Å². The van der Waals surface area contributed by atoms with Crippen molar-refractivity contribution in [1.82, 2.24) is 20.2 Å². The third kappa shape index (κ3) is 3.75. The lowest BCUT2D eigenvalue weighted by molar-refractivity contribution is -0.138. The smallest absolute Gasteiger partial charge is 0.325 e. The number of aromatic nitrogens is 4. The van der Waals surface area contributed by atoms with Crippen molar-refractivity contribution >= 4 is 5.97 Å². The summed E-state index contributed by atoms with van der Waals surface area (Å²) < 4.78 is 1.43. The third-order valence-corrected chi connectivity index (χ3v) is 4.02. The van der Waals surface area contributed by atoms with Crippen LogP contribution >= 0.6 is 0 Å². The van der Waals surface area contributed by atoms with Gasteiger partial charge in [-0.3, -0.25) is 4.79 Å². The number of unbranched alkanes of at least 4 members (excludes halogenated alkanes) is 1. The zero-order valence-electron chi connectivity index (χ0n) is 11.5. The van der Waals surface area contributed by atoms with E-state index in [1.165, 1.54) is 36.8 Å². The maximum atomic E-state index is 10.8. The molecule has 1 aliphatic carbocycles. The number of hydrogen-bond acceptors (Lipinski definition) is 4. The molecular weight excluding hydrogens is 244 g/mol. The first-order chi connectivity index (χ1) is 9.20. The standard InChI is InChI=1S/C13H22N4O2/c1-2-3-4-10-5-7-11(8-6-10)13-14-15-16-17(13)9-12(18)19/h10-11H,2-9H2,1H3,(H,18,19). The van der Waals surface area contributed by atoms with Gasteiger partial charge in [-0.15, -0.1) is 5.10 Å². The molecule has 1 saturated carbocycles. The van der Waals surface area contributed by atoms with E-state index in [0.29, 0.717) is 5.92 Å². The summed E-state index contributed by atoms with van der Waals surface area (Å²) >= 11 is 0. The highest BCUT2D eigenvalue weighted by Gasteiger charge is 2.26. The van der Waals surface area contributed by atoms with Crippen molar-refractivity contribution in [2.24, 2.45) is 5.92 Å². The SMILES string of the molecule is CCCCC1CCC(c2nnnn2CC(=O)O)CC1. The number of carbonyl (C=O) groups is 1. The molecule has 106 valence electrons. The molecule has 0 unspecified atom stereocenters. The van der Waals surface area contributed by atoms with Crippen LogP contribution in [0.15, 0.2) is 0 Å². The molecule has 2 rings (SSSR count). The van der Waals surface area contributed by atoms with Gasteiger partial charge in [-0.05, 0) is 42.0 Å². The Morgan fingerprint density at radius 3 is 2.74 bits per heavy atom. The molecular formula is C13H22N4O2. The largest absolute Gasteiger partial charge is 0.480 e. The van der Waals surface area contributed by atoms with Crippen LogP contribution in [0.1, 0.15) is 63.6 Å². The second kappa shape index (κ2) is 6.63. The van der Waals surface area contributed by atoms with Crippen molar-refractivity contribution in [2.45, 2.75) is 64.3 Å². The first-order valence-corrected chi connectivity index (χ1v) is 7.18. The van der Waals surface area contributed by atoms with Gasteiger partial charge in [0.05, 0.1) is 0 Å². The maximum Gasteiger partial charge on any atom is 0.325 e. The Morgan fingerprint density at radius 1 is 1.37 bits per heavy atom. The minimum atomic E-state index is -0.898. The summed E-state index contributed by atoms with van der Waals surface area (Å²) in [6.07, 6.45) is 8.48. The van der Waals surface area contributed by atoms with Gasteiger partial charge in [0.25, 0.3) is 0 Å². The average Bonchev–Trinajstić information content (AvgIpc) is 2.84. The fraction of sp³-hybridized carbons (Fsp3) is 0.846. The summed E-state index contributed by atoms with van der Waals surface area (Å²) in [6.45, 7) is 2.09. The van der Waals surface area contributed by atoms with Crippen LogP contribution in [0.5, 0.6) is 0 Å². The number of rotatable bonds is 6. The van der Waals surface area contributed by atoms with Crippen LogP contribution in [0.25, 0.3) is 0 Å². The number of nitrogens with zero attached hydrogens (tertiary/aromatic N) is 4. The van der Waals surface area contributed by atoms with Gasteiger partial charge in [-0.1, -0.05) is 26.2 Å². The number of tetrazole rings is 1. The van der Waals surface area contributed by atoms with Crippen molar-refractivity contribution in [3.05, 3.63) is 5.82 Å². The minimum Gasteiger partial charge on any atom is -0.480 e. The van der Waals surface area contributed by atoms with Crippen LogP contribution in [-0.2, 0) is 11.3 Å². The highest BCUT2D eigenvalue weighted by molar-refractivity contribution is 5.66. The Morgan fingerprint density at radius 2 is 2.11 bits per heavy atom. The molecule has 19 heavy (non-hydrogen) atoms. The van der Waals surface area contributed by atoms with Crippen molar-refractivity contribution in [3.8, 4) is 0 Å². The van der Waals surface area contributed by atoms with Gasteiger partial charge < -0.3 is 5.11 Å². The highest BCUT2D eigenvalue weighted by atomic mass is 16.4. The van der Waals surface area contributed by atoms with E-state index in [1.54, 1.807) is 0 Å². The molecule has 0 saturated heterocycles. The molecule has 0 aromatic carbocycles. The molecule has 6 nitrogen and oxygen atoms in total. The minimum absolute atomic E-state index is 0.141. The summed E-state index contributed by atoms with van der Waals surface area (Å²) in [5.41, 5.74) is 0. The topological polar surface area (TPSA) is 80.9 Å². The van der Waals surface area contributed by atoms with E-state index in [0.717, 1.165) is 24.6 Å². The molecule has 0 amide bonds. The van der Waals surface area contributed by atoms with Crippen LogP contribution in [-0.4, -0.2) is 31.3 Å². The van der Waals surface area contributed by atoms with Crippen molar-refractivity contribution in [1.29, 1.82) is 0 Å². The lowest BCUT2D eigenvalue weighted by Crippen LogP contribution is -2.20. The summed E-state index contributed by atoms with van der Waals surface area (Å²) in [4.78, 5) is 10.8. The number of hydrogen-bond donors (Lipinski definition) is 1. The van der Waals surface area contributed by atoms with E-state index >= 15 is 0 Å². The van der Waals surface area contributed by atoms with E-state index in [2.05, 4.69) is 22.4 Å². The molecule has 1 heterocycles. The number of aliphatic carboxylic acids is 1. The van der Waals surface area contributed by atoms with Crippen LogP contribution in [0.3, 0.4) is 0 Å². The lowest BCUT2D eigenvalue weighted by atomic mass is 9.79. The van der Waals surface area contributed by atoms with E-state index in [4.69, 9.17) is 5.11 Å². The molecule has 0 spiro atoms. The molecule has 0 aliphatic heterocycles.